The summed E-state index contributed by atoms with van der Waals surface area (Å²) in [6, 6.07) is 4.34. The first-order valence-electron chi connectivity index (χ1n) is 5.53. The fraction of sp³-hybridized carbons (Fsp3) is 0.583. The third-order valence-electron chi connectivity index (χ3n) is 2.74. The fourth-order valence-corrected chi connectivity index (χ4v) is 2.08. The first-order valence-corrected chi connectivity index (χ1v) is 6.92. The van der Waals surface area contributed by atoms with Crippen LogP contribution in [0, 0.1) is 0 Å². The zero-order chi connectivity index (χ0) is 12.0. The van der Waals surface area contributed by atoms with Crippen LogP contribution in [0.3, 0.4) is 0 Å². The van der Waals surface area contributed by atoms with Gasteiger partial charge in [0.05, 0.1) is 5.69 Å². The Hall–Kier alpha value is -0.740. The SMILES string of the molecule is CSCCC(C)N(C)Cc1cc(N)ccn1. The number of hydrogen-bond donors (Lipinski definition) is 1. The van der Waals surface area contributed by atoms with Crippen LogP contribution in [0.2, 0.25) is 0 Å². The normalized spacial score (nSPS) is 13.0. The first-order chi connectivity index (χ1) is 7.63. The smallest absolute Gasteiger partial charge is 0.0564 e. The molecular weight excluding hydrogens is 218 g/mol. The highest BCUT2D eigenvalue weighted by atomic mass is 32.2. The number of nitrogens with zero attached hydrogens (tertiary/aromatic N) is 2. The number of pyridine rings is 1. The minimum Gasteiger partial charge on any atom is -0.399 e. The Kier molecular flexibility index (Phi) is 5.63. The second kappa shape index (κ2) is 6.76. The van der Waals surface area contributed by atoms with E-state index >= 15 is 0 Å². The van der Waals surface area contributed by atoms with Crippen molar-refractivity contribution in [2.75, 3.05) is 24.8 Å². The highest BCUT2D eigenvalue weighted by Gasteiger charge is 2.09. The van der Waals surface area contributed by atoms with Gasteiger partial charge in [-0.05, 0) is 44.5 Å². The Bertz CT molecular complexity index is 317. The van der Waals surface area contributed by atoms with E-state index in [0.29, 0.717) is 6.04 Å². The molecule has 0 saturated heterocycles. The fourth-order valence-electron chi connectivity index (χ4n) is 1.50. The Balaban J connectivity index is 2.47. The molecule has 3 nitrogen and oxygen atoms in total. The molecule has 0 fully saturated rings. The van der Waals surface area contributed by atoms with Gasteiger partial charge in [-0.3, -0.25) is 9.88 Å². The molecule has 0 aliphatic carbocycles. The molecule has 0 radical (unpaired) electrons. The van der Waals surface area contributed by atoms with Gasteiger partial charge in [0.1, 0.15) is 0 Å². The van der Waals surface area contributed by atoms with Crippen LogP contribution in [0.5, 0.6) is 0 Å². The molecule has 1 atom stereocenters. The monoisotopic (exact) mass is 239 g/mol. The van der Waals surface area contributed by atoms with Crippen molar-refractivity contribution in [2.24, 2.45) is 0 Å². The number of nitrogen functional groups attached to an aromatic ring is 1. The number of anilines is 1. The average molecular weight is 239 g/mol. The zero-order valence-electron chi connectivity index (χ0n) is 10.3. The number of aromatic nitrogens is 1. The van der Waals surface area contributed by atoms with Crippen LogP contribution in [-0.4, -0.2) is 35.0 Å². The summed E-state index contributed by atoms with van der Waals surface area (Å²) >= 11 is 1.89. The van der Waals surface area contributed by atoms with Gasteiger partial charge >= 0.3 is 0 Å². The van der Waals surface area contributed by atoms with Crippen LogP contribution in [0.15, 0.2) is 18.3 Å². The molecule has 1 rings (SSSR count). The van der Waals surface area contributed by atoms with Crippen LogP contribution in [0.1, 0.15) is 19.0 Å². The van der Waals surface area contributed by atoms with E-state index in [4.69, 9.17) is 5.73 Å². The summed E-state index contributed by atoms with van der Waals surface area (Å²) in [5.41, 5.74) is 7.56. The molecule has 0 aromatic carbocycles. The van der Waals surface area contributed by atoms with Crippen LogP contribution >= 0.6 is 11.8 Å². The van der Waals surface area contributed by atoms with E-state index in [9.17, 15) is 0 Å². The van der Waals surface area contributed by atoms with Crippen molar-refractivity contribution in [1.82, 2.24) is 9.88 Å². The molecule has 0 aliphatic heterocycles. The number of nitrogens with two attached hydrogens (primary N) is 1. The van der Waals surface area contributed by atoms with E-state index in [0.717, 1.165) is 17.9 Å². The molecule has 1 aromatic rings. The lowest BCUT2D eigenvalue weighted by atomic mass is 10.2. The van der Waals surface area contributed by atoms with E-state index < -0.39 is 0 Å². The van der Waals surface area contributed by atoms with Crippen molar-refractivity contribution in [2.45, 2.75) is 25.9 Å². The summed E-state index contributed by atoms with van der Waals surface area (Å²) in [4.78, 5) is 6.63. The maximum absolute atomic E-state index is 5.73. The van der Waals surface area contributed by atoms with Crippen molar-refractivity contribution < 1.29 is 0 Å². The summed E-state index contributed by atoms with van der Waals surface area (Å²) in [5, 5.41) is 0. The highest BCUT2D eigenvalue weighted by Crippen LogP contribution is 2.10. The Morgan fingerprint density at radius 1 is 1.56 bits per heavy atom. The van der Waals surface area contributed by atoms with Crippen LogP contribution < -0.4 is 5.73 Å². The largest absolute Gasteiger partial charge is 0.399 e. The predicted octanol–water partition coefficient (Wildman–Crippen LogP) is 2.24. The van der Waals surface area contributed by atoms with Gasteiger partial charge in [-0.1, -0.05) is 0 Å². The number of hydrogen-bond acceptors (Lipinski definition) is 4. The Morgan fingerprint density at radius 3 is 2.94 bits per heavy atom. The summed E-state index contributed by atoms with van der Waals surface area (Å²) < 4.78 is 0. The third-order valence-corrected chi connectivity index (χ3v) is 3.39. The van der Waals surface area contributed by atoms with Gasteiger partial charge in [-0.15, -0.1) is 0 Å². The average Bonchev–Trinajstić information content (AvgIpc) is 2.25. The molecule has 90 valence electrons. The highest BCUT2D eigenvalue weighted by molar-refractivity contribution is 7.98. The van der Waals surface area contributed by atoms with Crippen molar-refractivity contribution in [3.8, 4) is 0 Å². The molecule has 2 N–H and O–H groups in total. The molecule has 16 heavy (non-hydrogen) atoms. The van der Waals surface area contributed by atoms with Gasteiger partial charge in [-0.2, -0.15) is 11.8 Å². The first kappa shape index (κ1) is 13.3. The maximum atomic E-state index is 5.73. The van der Waals surface area contributed by atoms with E-state index in [-0.39, 0.29) is 0 Å². The van der Waals surface area contributed by atoms with E-state index in [1.165, 1.54) is 12.2 Å². The van der Waals surface area contributed by atoms with E-state index in [1.54, 1.807) is 6.20 Å². The van der Waals surface area contributed by atoms with Crippen molar-refractivity contribution in [3.63, 3.8) is 0 Å². The van der Waals surface area contributed by atoms with Crippen LogP contribution in [-0.2, 0) is 6.54 Å². The third kappa shape index (κ3) is 4.41. The molecule has 0 amide bonds. The topological polar surface area (TPSA) is 42.1 Å². The van der Waals surface area contributed by atoms with Gasteiger partial charge in [0.15, 0.2) is 0 Å². The minimum absolute atomic E-state index is 0.579. The molecule has 0 bridgehead atoms. The van der Waals surface area contributed by atoms with Gasteiger partial charge < -0.3 is 5.73 Å². The van der Waals surface area contributed by atoms with Crippen molar-refractivity contribution in [3.05, 3.63) is 24.0 Å². The van der Waals surface area contributed by atoms with E-state index in [1.807, 2.05) is 23.9 Å². The van der Waals surface area contributed by atoms with Gasteiger partial charge in [0.25, 0.3) is 0 Å². The summed E-state index contributed by atoms with van der Waals surface area (Å²) in [7, 11) is 2.13. The second-order valence-electron chi connectivity index (χ2n) is 4.13. The molecule has 4 heteroatoms. The standard InChI is InChI=1S/C12H21N3S/c1-10(5-7-16-3)15(2)9-12-8-11(13)4-6-14-12/h4,6,8,10H,5,7,9H2,1-3H3,(H2,13,14). The number of rotatable bonds is 6. The van der Waals surface area contributed by atoms with Gasteiger partial charge in [0.2, 0.25) is 0 Å². The Morgan fingerprint density at radius 2 is 2.31 bits per heavy atom. The van der Waals surface area contributed by atoms with Crippen molar-refractivity contribution >= 4 is 17.4 Å². The minimum atomic E-state index is 0.579. The molecular formula is C12H21N3S. The molecule has 1 aromatic heterocycles. The zero-order valence-corrected chi connectivity index (χ0v) is 11.1. The van der Waals surface area contributed by atoms with Crippen molar-refractivity contribution in [1.29, 1.82) is 0 Å². The number of thioether (sulfide) groups is 1. The van der Waals surface area contributed by atoms with Crippen LogP contribution in [0.25, 0.3) is 0 Å². The second-order valence-corrected chi connectivity index (χ2v) is 5.11. The summed E-state index contributed by atoms with van der Waals surface area (Å²) in [5.74, 6) is 1.20. The molecule has 1 unspecified atom stereocenters. The van der Waals surface area contributed by atoms with Gasteiger partial charge in [0, 0.05) is 24.5 Å². The summed E-state index contributed by atoms with van der Waals surface area (Å²) in [6.45, 7) is 3.11. The summed E-state index contributed by atoms with van der Waals surface area (Å²) in [6.07, 6.45) is 5.12. The van der Waals surface area contributed by atoms with Crippen LogP contribution in [0.4, 0.5) is 5.69 Å². The molecule has 0 aliphatic rings. The lowest BCUT2D eigenvalue weighted by molar-refractivity contribution is 0.242. The molecule has 0 saturated carbocycles. The molecule has 1 heterocycles. The van der Waals surface area contributed by atoms with E-state index in [2.05, 4.69) is 30.1 Å². The molecule has 0 spiro atoms. The lowest BCUT2D eigenvalue weighted by Crippen LogP contribution is -2.29. The quantitative estimate of drug-likeness (QED) is 0.826. The Labute approximate surface area is 102 Å². The van der Waals surface area contributed by atoms with Gasteiger partial charge in [-0.25, -0.2) is 0 Å². The maximum Gasteiger partial charge on any atom is 0.0564 e. The lowest BCUT2D eigenvalue weighted by Gasteiger charge is -2.24. The predicted molar refractivity (Wildman–Crippen MR) is 72.6 cm³/mol.